The van der Waals surface area contributed by atoms with E-state index in [-0.39, 0.29) is 0 Å². The van der Waals surface area contributed by atoms with Crippen LogP contribution in [0.4, 0.5) is 0 Å². The molecular formula is C13H19NO. The van der Waals surface area contributed by atoms with Crippen molar-refractivity contribution in [3.05, 3.63) is 29.8 Å². The summed E-state index contributed by atoms with van der Waals surface area (Å²) in [5, 5.41) is 12.9. The predicted molar refractivity (Wildman–Crippen MR) is 61.9 cm³/mol. The van der Waals surface area contributed by atoms with Crippen molar-refractivity contribution in [1.29, 1.82) is 0 Å². The maximum atomic E-state index is 9.22. The van der Waals surface area contributed by atoms with Crippen molar-refractivity contribution in [1.82, 2.24) is 5.32 Å². The summed E-state index contributed by atoms with van der Waals surface area (Å²) in [5.74, 6) is 0.349. The van der Waals surface area contributed by atoms with Gasteiger partial charge in [0.15, 0.2) is 0 Å². The molecule has 15 heavy (non-hydrogen) atoms. The maximum absolute atomic E-state index is 9.22. The largest absolute Gasteiger partial charge is 0.508 e. The maximum Gasteiger partial charge on any atom is 0.115 e. The first-order valence-corrected chi connectivity index (χ1v) is 5.84. The minimum atomic E-state index is 0.349. The third kappa shape index (κ3) is 2.51. The molecule has 1 saturated heterocycles. The van der Waals surface area contributed by atoms with Gasteiger partial charge >= 0.3 is 0 Å². The van der Waals surface area contributed by atoms with Crippen LogP contribution < -0.4 is 5.32 Å². The van der Waals surface area contributed by atoms with Crippen molar-refractivity contribution in [3.8, 4) is 5.75 Å². The molecule has 2 heteroatoms. The number of hydrogen-bond donors (Lipinski definition) is 2. The van der Waals surface area contributed by atoms with E-state index in [1.807, 2.05) is 12.1 Å². The Kier molecular flexibility index (Phi) is 3.27. The standard InChI is InChI=1S/C13H19NO/c1-2-3-11-6-9-13(14-11)10-4-7-12(15)8-5-10/h4-5,7-8,11,13-15H,2-3,6,9H2,1H3. The molecule has 2 unspecified atom stereocenters. The van der Waals surface area contributed by atoms with E-state index in [0.717, 1.165) is 0 Å². The third-order valence-electron chi connectivity index (χ3n) is 3.17. The lowest BCUT2D eigenvalue weighted by Crippen LogP contribution is -2.23. The van der Waals surface area contributed by atoms with E-state index in [2.05, 4.69) is 12.2 Å². The number of phenolic OH excluding ortho intramolecular Hbond substituents is 1. The summed E-state index contributed by atoms with van der Waals surface area (Å²) in [6, 6.07) is 8.74. The van der Waals surface area contributed by atoms with Crippen LogP contribution >= 0.6 is 0 Å². The zero-order valence-corrected chi connectivity index (χ0v) is 9.24. The molecule has 2 atom stereocenters. The summed E-state index contributed by atoms with van der Waals surface area (Å²) in [6.07, 6.45) is 5.02. The van der Waals surface area contributed by atoms with E-state index in [0.29, 0.717) is 17.8 Å². The van der Waals surface area contributed by atoms with Crippen LogP contribution in [0.5, 0.6) is 5.75 Å². The van der Waals surface area contributed by atoms with Crippen molar-refractivity contribution in [2.75, 3.05) is 0 Å². The van der Waals surface area contributed by atoms with Gasteiger partial charge in [-0.05, 0) is 37.0 Å². The van der Waals surface area contributed by atoms with E-state index >= 15 is 0 Å². The Balaban J connectivity index is 1.98. The Morgan fingerprint density at radius 3 is 2.67 bits per heavy atom. The Bertz CT molecular complexity index is 307. The van der Waals surface area contributed by atoms with Crippen LogP contribution in [0.15, 0.2) is 24.3 Å². The molecule has 1 heterocycles. The van der Waals surface area contributed by atoms with Crippen molar-refractivity contribution >= 4 is 0 Å². The minimum absolute atomic E-state index is 0.349. The Hall–Kier alpha value is -1.02. The van der Waals surface area contributed by atoms with Gasteiger partial charge in [0.05, 0.1) is 0 Å². The van der Waals surface area contributed by atoms with Crippen molar-refractivity contribution < 1.29 is 5.11 Å². The molecule has 0 amide bonds. The lowest BCUT2D eigenvalue weighted by molar-refractivity contribution is 0.474. The molecule has 2 N–H and O–H groups in total. The number of hydrogen-bond acceptors (Lipinski definition) is 2. The molecule has 82 valence electrons. The monoisotopic (exact) mass is 205 g/mol. The molecule has 2 nitrogen and oxygen atoms in total. The fraction of sp³-hybridized carbons (Fsp3) is 0.538. The van der Waals surface area contributed by atoms with Crippen LogP contribution in [-0.4, -0.2) is 11.1 Å². The lowest BCUT2D eigenvalue weighted by atomic mass is 10.0. The summed E-state index contributed by atoms with van der Waals surface area (Å²) in [4.78, 5) is 0. The van der Waals surface area contributed by atoms with Crippen LogP contribution in [-0.2, 0) is 0 Å². The van der Waals surface area contributed by atoms with Gasteiger partial charge in [-0.15, -0.1) is 0 Å². The minimum Gasteiger partial charge on any atom is -0.508 e. The summed E-state index contributed by atoms with van der Waals surface area (Å²) in [5.41, 5.74) is 1.30. The first-order chi connectivity index (χ1) is 7.29. The second-order valence-corrected chi connectivity index (χ2v) is 4.37. The molecule has 0 bridgehead atoms. The summed E-state index contributed by atoms with van der Waals surface area (Å²) < 4.78 is 0. The van der Waals surface area contributed by atoms with Crippen molar-refractivity contribution in [2.45, 2.75) is 44.7 Å². The topological polar surface area (TPSA) is 32.3 Å². The molecule has 1 fully saturated rings. The van der Waals surface area contributed by atoms with Crippen LogP contribution in [0, 0.1) is 0 Å². The van der Waals surface area contributed by atoms with Crippen LogP contribution in [0.3, 0.4) is 0 Å². The average molecular weight is 205 g/mol. The van der Waals surface area contributed by atoms with Crippen LogP contribution in [0.25, 0.3) is 0 Å². The number of nitrogens with one attached hydrogen (secondary N) is 1. The Morgan fingerprint density at radius 2 is 2.00 bits per heavy atom. The van der Waals surface area contributed by atoms with Gasteiger partial charge in [-0.1, -0.05) is 25.5 Å². The highest BCUT2D eigenvalue weighted by molar-refractivity contribution is 5.28. The quantitative estimate of drug-likeness (QED) is 0.795. The molecule has 0 spiro atoms. The average Bonchev–Trinajstić information content (AvgIpc) is 2.68. The van der Waals surface area contributed by atoms with Gasteiger partial charge in [0.1, 0.15) is 5.75 Å². The van der Waals surface area contributed by atoms with Crippen molar-refractivity contribution in [3.63, 3.8) is 0 Å². The number of benzene rings is 1. The third-order valence-corrected chi connectivity index (χ3v) is 3.17. The molecule has 0 saturated carbocycles. The van der Waals surface area contributed by atoms with E-state index in [9.17, 15) is 5.11 Å². The fourth-order valence-corrected chi connectivity index (χ4v) is 2.36. The molecule has 1 aromatic rings. The van der Waals surface area contributed by atoms with Gasteiger partial charge in [-0.25, -0.2) is 0 Å². The Morgan fingerprint density at radius 1 is 1.27 bits per heavy atom. The molecule has 0 aromatic heterocycles. The molecule has 2 rings (SSSR count). The second kappa shape index (κ2) is 4.67. The van der Waals surface area contributed by atoms with Gasteiger partial charge < -0.3 is 10.4 Å². The molecule has 1 aliphatic heterocycles. The highest BCUT2D eigenvalue weighted by atomic mass is 16.3. The second-order valence-electron chi connectivity index (χ2n) is 4.37. The van der Waals surface area contributed by atoms with Gasteiger partial charge in [0.2, 0.25) is 0 Å². The van der Waals surface area contributed by atoms with Gasteiger partial charge in [0.25, 0.3) is 0 Å². The molecular weight excluding hydrogens is 186 g/mol. The predicted octanol–water partition coefficient (Wildman–Crippen LogP) is 2.99. The van der Waals surface area contributed by atoms with Crippen LogP contribution in [0.1, 0.15) is 44.2 Å². The molecule has 0 radical (unpaired) electrons. The highest BCUT2D eigenvalue weighted by Crippen LogP contribution is 2.28. The van der Waals surface area contributed by atoms with Crippen LogP contribution in [0.2, 0.25) is 0 Å². The molecule has 1 aliphatic rings. The Labute approximate surface area is 91.3 Å². The van der Waals surface area contributed by atoms with Crippen molar-refractivity contribution in [2.24, 2.45) is 0 Å². The normalized spacial score (nSPS) is 25.7. The molecule has 1 aromatic carbocycles. The van der Waals surface area contributed by atoms with E-state index in [4.69, 9.17) is 0 Å². The fourth-order valence-electron chi connectivity index (χ4n) is 2.36. The number of rotatable bonds is 3. The first kappa shape index (κ1) is 10.5. The van der Waals surface area contributed by atoms with E-state index in [1.165, 1.54) is 31.2 Å². The SMILES string of the molecule is CCCC1CCC(c2ccc(O)cc2)N1. The van der Waals surface area contributed by atoms with E-state index in [1.54, 1.807) is 12.1 Å². The van der Waals surface area contributed by atoms with Gasteiger partial charge in [-0.3, -0.25) is 0 Å². The summed E-state index contributed by atoms with van der Waals surface area (Å²) in [7, 11) is 0. The van der Waals surface area contributed by atoms with Gasteiger partial charge in [0, 0.05) is 12.1 Å². The van der Waals surface area contributed by atoms with Gasteiger partial charge in [-0.2, -0.15) is 0 Å². The smallest absolute Gasteiger partial charge is 0.115 e. The zero-order chi connectivity index (χ0) is 10.7. The summed E-state index contributed by atoms with van der Waals surface area (Å²) >= 11 is 0. The van der Waals surface area contributed by atoms with E-state index < -0.39 is 0 Å². The highest BCUT2D eigenvalue weighted by Gasteiger charge is 2.23. The number of phenols is 1. The zero-order valence-electron chi connectivity index (χ0n) is 9.24. The molecule has 0 aliphatic carbocycles. The number of aromatic hydroxyl groups is 1. The first-order valence-electron chi connectivity index (χ1n) is 5.84. The summed E-state index contributed by atoms with van der Waals surface area (Å²) in [6.45, 7) is 2.23. The lowest BCUT2D eigenvalue weighted by Gasteiger charge is -2.14.